The third kappa shape index (κ3) is 5.37. The van der Waals surface area contributed by atoms with E-state index in [0.717, 1.165) is 24.4 Å². The number of carbonyl (C=O) groups excluding carboxylic acids is 1. The Morgan fingerprint density at radius 1 is 0.971 bits per heavy atom. The highest BCUT2D eigenvalue weighted by molar-refractivity contribution is 7.90. The number of hydrogen-bond acceptors (Lipinski definition) is 5. The van der Waals surface area contributed by atoms with Crippen LogP contribution in [0.2, 0.25) is 0 Å². The fraction of sp³-hybridized carbons (Fsp3) is 0.200. The molecule has 0 bridgehead atoms. The van der Waals surface area contributed by atoms with Gasteiger partial charge in [0, 0.05) is 31.4 Å². The molecule has 0 aromatic heterocycles. The lowest BCUT2D eigenvalue weighted by Crippen LogP contribution is -2.20. The van der Waals surface area contributed by atoms with E-state index in [0.29, 0.717) is 29.2 Å². The summed E-state index contributed by atoms with van der Waals surface area (Å²) in [5, 5.41) is 6.07. The minimum Gasteiger partial charge on any atom is -0.497 e. The van der Waals surface area contributed by atoms with Gasteiger partial charge in [-0.3, -0.25) is 4.79 Å². The van der Waals surface area contributed by atoms with Crippen LogP contribution in [0.25, 0.3) is 0 Å². The van der Waals surface area contributed by atoms with Crippen molar-refractivity contribution in [3.05, 3.63) is 78.4 Å². The van der Waals surface area contributed by atoms with Crippen LogP contribution >= 0.6 is 0 Å². The molecule has 4 rings (SSSR count). The minimum atomic E-state index is -3.81. The number of likely N-dealkylation sites (tertiary alicyclic amines) is 1. The van der Waals surface area contributed by atoms with Crippen LogP contribution in [0.3, 0.4) is 0 Å². The lowest BCUT2D eigenvalue weighted by molar-refractivity contribution is 0.102. The van der Waals surface area contributed by atoms with Gasteiger partial charge in [-0.2, -0.15) is 8.42 Å². The number of methoxy groups -OCH3 is 1. The van der Waals surface area contributed by atoms with Crippen LogP contribution < -0.4 is 15.4 Å². The highest BCUT2D eigenvalue weighted by Gasteiger charge is 2.20. The Labute approximate surface area is 199 Å². The van der Waals surface area contributed by atoms with Gasteiger partial charge in [0.15, 0.2) is 0 Å². The lowest BCUT2D eigenvalue weighted by atomic mass is 10.1. The van der Waals surface area contributed by atoms with Gasteiger partial charge in [0.1, 0.15) is 11.6 Å². The molecule has 3 aromatic rings. The monoisotopic (exact) mass is 478 g/mol. The van der Waals surface area contributed by atoms with E-state index in [9.17, 15) is 13.2 Å². The van der Waals surface area contributed by atoms with Gasteiger partial charge in [0.2, 0.25) is 0 Å². The van der Waals surface area contributed by atoms with Gasteiger partial charge in [-0.15, -0.1) is 4.40 Å². The number of hydrogen-bond donors (Lipinski definition) is 2. The molecule has 1 fully saturated rings. The summed E-state index contributed by atoms with van der Waals surface area (Å²) in [6.07, 6.45) is 1.54. The summed E-state index contributed by atoms with van der Waals surface area (Å²) >= 11 is 0. The third-order valence-electron chi connectivity index (χ3n) is 5.51. The molecule has 0 unspecified atom stereocenters. The van der Waals surface area contributed by atoms with E-state index < -0.39 is 10.0 Å². The molecular formula is C25H26N4O4S. The summed E-state index contributed by atoms with van der Waals surface area (Å²) in [5.41, 5.74) is 2.38. The number of sulfonamides is 1. The van der Waals surface area contributed by atoms with E-state index >= 15 is 0 Å². The number of amidine groups is 1. The molecule has 3 aromatic carbocycles. The number of nitrogens with zero attached hydrogens (tertiary/aromatic N) is 2. The van der Waals surface area contributed by atoms with Gasteiger partial charge in [0.25, 0.3) is 15.9 Å². The first kappa shape index (κ1) is 23.3. The molecule has 0 atom stereocenters. The quantitative estimate of drug-likeness (QED) is 0.519. The van der Waals surface area contributed by atoms with E-state index in [1.165, 1.54) is 12.1 Å². The standard InChI is InChI=1S/C25H26N4O4S/c1-29-17-5-8-24(29)28-34(31,32)21-15-11-19(12-16-21)27-25(30)22-6-3-4-7-23(22)26-18-9-13-20(33-2)14-10-18/h3-4,6-7,9-16,26H,5,8,17H2,1-2H3,(H,27,30). The maximum atomic E-state index is 13.0. The molecule has 0 saturated carbocycles. The van der Waals surface area contributed by atoms with Crippen molar-refractivity contribution in [1.82, 2.24) is 4.90 Å². The molecule has 1 aliphatic rings. The molecule has 176 valence electrons. The Morgan fingerprint density at radius 2 is 1.65 bits per heavy atom. The SMILES string of the molecule is COc1ccc(Nc2ccccc2C(=O)Nc2ccc(S(=O)(=O)N=C3CCCN3C)cc2)cc1. The first-order valence-corrected chi connectivity index (χ1v) is 12.3. The summed E-state index contributed by atoms with van der Waals surface area (Å²) in [4.78, 5) is 14.9. The summed E-state index contributed by atoms with van der Waals surface area (Å²) in [6.45, 7) is 0.800. The fourth-order valence-electron chi connectivity index (χ4n) is 3.63. The highest BCUT2D eigenvalue weighted by Crippen LogP contribution is 2.24. The molecule has 34 heavy (non-hydrogen) atoms. The summed E-state index contributed by atoms with van der Waals surface area (Å²) in [5.74, 6) is 0.988. The van der Waals surface area contributed by atoms with Crippen LogP contribution in [0.4, 0.5) is 17.1 Å². The number of anilines is 3. The summed E-state index contributed by atoms with van der Waals surface area (Å²) in [7, 11) is -0.368. The number of nitrogens with one attached hydrogen (secondary N) is 2. The Hall–Kier alpha value is -3.85. The molecule has 1 aliphatic heterocycles. The second-order valence-corrected chi connectivity index (χ2v) is 9.49. The van der Waals surface area contributed by atoms with E-state index in [4.69, 9.17) is 4.74 Å². The smallest absolute Gasteiger partial charge is 0.283 e. The third-order valence-corrected chi connectivity index (χ3v) is 6.83. The Balaban J connectivity index is 1.48. The number of rotatable bonds is 7. The molecule has 0 radical (unpaired) electrons. The molecule has 8 nitrogen and oxygen atoms in total. The summed E-state index contributed by atoms with van der Waals surface area (Å²) < 4.78 is 34.4. The van der Waals surface area contributed by atoms with E-state index in [1.807, 2.05) is 48.3 Å². The first-order chi connectivity index (χ1) is 16.4. The van der Waals surface area contributed by atoms with Crippen molar-refractivity contribution >= 4 is 38.8 Å². The van der Waals surface area contributed by atoms with Crippen molar-refractivity contribution in [3.63, 3.8) is 0 Å². The van der Waals surface area contributed by atoms with Gasteiger partial charge >= 0.3 is 0 Å². The number of carbonyl (C=O) groups is 1. The van der Waals surface area contributed by atoms with Crippen molar-refractivity contribution in [3.8, 4) is 5.75 Å². The molecule has 1 amide bonds. The van der Waals surface area contributed by atoms with Crippen LogP contribution in [-0.2, 0) is 10.0 Å². The number of amides is 1. The fourth-order valence-corrected chi connectivity index (χ4v) is 4.72. The molecule has 1 saturated heterocycles. The molecular weight excluding hydrogens is 452 g/mol. The second kappa shape index (κ2) is 9.96. The first-order valence-electron chi connectivity index (χ1n) is 10.8. The second-order valence-electron chi connectivity index (χ2n) is 7.89. The average Bonchev–Trinajstić information content (AvgIpc) is 3.23. The zero-order valence-corrected chi connectivity index (χ0v) is 19.8. The lowest BCUT2D eigenvalue weighted by Gasteiger charge is -2.13. The van der Waals surface area contributed by atoms with Crippen LogP contribution in [0.5, 0.6) is 5.75 Å². The molecule has 1 heterocycles. The molecule has 0 aliphatic carbocycles. The normalized spacial score (nSPS) is 14.8. The zero-order valence-electron chi connectivity index (χ0n) is 19.0. The van der Waals surface area contributed by atoms with Gasteiger partial charge in [-0.1, -0.05) is 12.1 Å². The van der Waals surface area contributed by atoms with Crippen LogP contribution in [0, 0.1) is 0 Å². The van der Waals surface area contributed by atoms with Crippen molar-refractivity contribution in [2.45, 2.75) is 17.7 Å². The Morgan fingerprint density at radius 3 is 2.29 bits per heavy atom. The van der Waals surface area contributed by atoms with E-state index in [2.05, 4.69) is 15.0 Å². The molecule has 9 heteroatoms. The van der Waals surface area contributed by atoms with Gasteiger partial charge < -0.3 is 20.3 Å². The van der Waals surface area contributed by atoms with Gasteiger partial charge in [0.05, 0.1) is 23.3 Å². The van der Waals surface area contributed by atoms with Crippen LogP contribution in [0.1, 0.15) is 23.2 Å². The number of benzene rings is 3. The van der Waals surface area contributed by atoms with Crippen LogP contribution in [-0.4, -0.2) is 45.8 Å². The Kier molecular flexibility index (Phi) is 6.83. The number of ether oxygens (including phenoxy) is 1. The predicted molar refractivity (Wildman–Crippen MR) is 134 cm³/mol. The van der Waals surface area contributed by atoms with Gasteiger partial charge in [-0.25, -0.2) is 0 Å². The Bertz CT molecular complexity index is 1300. The average molecular weight is 479 g/mol. The summed E-state index contributed by atoms with van der Waals surface area (Å²) in [6, 6.07) is 20.5. The van der Waals surface area contributed by atoms with E-state index in [1.54, 1.807) is 31.4 Å². The van der Waals surface area contributed by atoms with Crippen molar-refractivity contribution < 1.29 is 17.9 Å². The van der Waals surface area contributed by atoms with Crippen molar-refractivity contribution in [2.24, 2.45) is 4.40 Å². The molecule has 0 spiro atoms. The highest BCUT2D eigenvalue weighted by atomic mass is 32.2. The maximum absolute atomic E-state index is 13.0. The number of para-hydroxylation sites is 1. The zero-order chi connectivity index (χ0) is 24.1. The largest absolute Gasteiger partial charge is 0.497 e. The predicted octanol–water partition coefficient (Wildman–Crippen LogP) is 4.50. The molecule has 2 N–H and O–H groups in total. The maximum Gasteiger partial charge on any atom is 0.283 e. The minimum absolute atomic E-state index is 0.0832. The topological polar surface area (TPSA) is 100 Å². The van der Waals surface area contributed by atoms with Gasteiger partial charge in [-0.05, 0) is 67.1 Å². The van der Waals surface area contributed by atoms with Crippen LogP contribution in [0.15, 0.2) is 82.1 Å². The van der Waals surface area contributed by atoms with Crippen molar-refractivity contribution in [2.75, 3.05) is 31.3 Å². The van der Waals surface area contributed by atoms with E-state index in [-0.39, 0.29) is 10.8 Å². The van der Waals surface area contributed by atoms with Crippen molar-refractivity contribution in [1.29, 1.82) is 0 Å².